The minimum atomic E-state index is -0.304. The van der Waals surface area contributed by atoms with Crippen LogP contribution in [0.25, 0.3) is 17.4 Å². The number of rotatable bonds is 4. The minimum Gasteiger partial charge on any atom is -0.457 e. The van der Waals surface area contributed by atoms with Crippen LogP contribution in [0, 0.1) is 6.92 Å². The minimum absolute atomic E-state index is 0.304. The third kappa shape index (κ3) is 4.36. The number of nitrogens with two attached hydrogens (primary N) is 1. The van der Waals surface area contributed by atoms with Crippen molar-refractivity contribution in [2.45, 2.75) is 6.92 Å². The van der Waals surface area contributed by atoms with Gasteiger partial charge in [0, 0.05) is 21.8 Å². The number of aryl methyl sites for hydroxylation is 1. The Bertz CT molecular complexity index is 955. The van der Waals surface area contributed by atoms with Gasteiger partial charge in [0.05, 0.1) is 10.7 Å². The molecule has 0 aliphatic carbocycles. The number of benzene rings is 2. The number of carbonyl (C=O) groups excluding carboxylic acids is 1. The summed E-state index contributed by atoms with van der Waals surface area (Å²) in [5.74, 6) is 1.01. The normalized spacial score (nSPS) is 11.0. The predicted molar refractivity (Wildman–Crippen MR) is 110 cm³/mol. The van der Waals surface area contributed by atoms with Crippen LogP contribution in [-0.2, 0) is 4.79 Å². The number of anilines is 2. The van der Waals surface area contributed by atoms with Crippen molar-refractivity contribution in [3.05, 3.63) is 75.4 Å². The molecule has 0 saturated carbocycles. The van der Waals surface area contributed by atoms with Gasteiger partial charge >= 0.3 is 0 Å². The van der Waals surface area contributed by atoms with Gasteiger partial charge in [-0.05, 0) is 55.0 Å². The number of nitrogen functional groups attached to an aromatic ring is 1. The van der Waals surface area contributed by atoms with Crippen LogP contribution in [-0.4, -0.2) is 5.91 Å². The average Bonchev–Trinajstić information content (AvgIpc) is 3.06. The predicted octanol–water partition coefficient (Wildman–Crippen LogP) is 5.91. The Morgan fingerprint density at radius 3 is 2.62 bits per heavy atom. The summed E-state index contributed by atoms with van der Waals surface area (Å²) in [6, 6.07) is 14.8. The van der Waals surface area contributed by atoms with E-state index >= 15 is 0 Å². The Morgan fingerprint density at radius 2 is 1.92 bits per heavy atom. The van der Waals surface area contributed by atoms with Crippen molar-refractivity contribution in [1.29, 1.82) is 0 Å². The number of halogens is 2. The standard InChI is InChI=1S/C20H16BrClN2O2/c1-12-10-15(23)11-17(22)20(12)24-19(25)9-7-16-6-8-18(26-16)13-2-4-14(21)5-3-13/h2-11H,23H2,1H3,(H,24,25)/b9-7+. The molecule has 0 saturated heterocycles. The highest BCUT2D eigenvalue weighted by Gasteiger charge is 2.08. The number of furan rings is 1. The second kappa shape index (κ2) is 7.81. The largest absolute Gasteiger partial charge is 0.457 e. The summed E-state index contributed by atoms with van der Waals surface area (Å²) < 4.78 is 6.75. The molecule has 0 atom stereocenters. The molecule has 0 aliphatic heterocycles. The van der Waals surface area contributed by atoms with Crippen LogP contribution in [0.4, 0.5) is 11.4 Å². The van der Waals surface area contributed by atoms with E-state index in [0.717, 1.165) is 21.4 Å². The molecule has 1 amide bonds. The Morgan fingerprint density at radius 1 is 1.19 bits per heavy atom. The molecule has 0 fully saturated rings. The van der Waals surface area contributed by atoms with Crippen LogP contribution >= 0.6 is 27.5 Å². The molecule has 6 heteroatoms. The monoisotopic (exact) mass is 430 g/mol. The van der Waals surface area contributed by atoms with Crippen molar-refractivity contribution >= 4 is 50.9 Å². The number of hydrogen-bond acceptors (Lipinski definition) is 3. The molecule has 0 bridgehead atoms. The summed E-state index contributed by atoms with van der Waals surface area (Å²) in [5, 5.41) is 3.16. The molecule has 3 aromatic rings. The van der Waals surface area contributed by atoms with Gasteiger partial charge < -0.3 is 15.5 Å². The zero-order valence-electron chi connectivity index (χ0n) is 13.9. The van der Waals surface area contributed by atoms with Crippen LogP contribution in [0.5, 0.6) is 0 Å². The molecule has 3 rings (SSSR count). The molecule has 0 unspecified atom stereocenters. The first-order valence-electron chi connectivity index (χ1n) is 7.83. The Hall–Kier alpha value is -2.50. The molecule has 0 aliphatic rings. The van der Waals surface area contributed by atoms with Gasteiger partial charge in [-0.2, -0.15) is 0 Å². The Kier molecular flexibility index (Phi) is 5.49. The fourth-order valence-electron chi connectivity index (χ4n) is 2.46. The molecule has 26 heavy (non-hydrogen) atoms. The zero-order valence-corrected chi connectivity index (χ0v) is 16.3. The number of hydrogen-bond donors (Lipinski definition) is 2. The molecule has 0 radical (unpaired) electrons. The van der Waals surface area contributed by atoms with Crippen molar-refractivity contribution in [3.8, 4) is 11.3 Å². The van der Waals surface area contributed by atoms with E-state index in [4.69, 9.17) is 21.8 Å². The lowest BCUT2D eigenvalue weighted by Crippen LogP contribution is -2.09. The first kappa shape index (κ1) is 18.3. The average molecular weight is 432 g/mol. The summed E-state index contributed by atoms with van der Waals surface area (Å²) in [5.41, 5.74) is 8.58. The van der Waals surface area contributed by atoms with Gasteiger partial charge in [0.25, 0.3) is 0 Å². The number of amides is 1. The Balaban J connectivity index is 1.70. The Labute approximate surface area is 164 Å². The quantitative estimate of drug-likeness (QED) is 0.399. The van der Waals surface area contributed by atoms with Crippen LogP contribution in [0.1, 0.15) is 11.3 Å². The molecule has 0 spiro atoms. The maximum atomic E-state index is 12.2. The number of carbonyl (C=O) groups is 1. The van der Waals surface area contributed by atoms with Gasteiger partial charge in [-0.25, -0.2) is 0 Å². The topological polar surface area (TPSA) is 68.3 Å². The van der Waals surface area contributed by atoms with Crippen LogP contribution < -0.4 is 11.1 Å². The summed E-state index contributed by atoms with van der Waals surface area (Å²) in [4.78, 5) is 12.2. The van der Waals surface area contributed by atoms with Crippen LogP contribution in [0.2, 0.25) is 5.02 Å². The van der Waals surface area contributed by atoms with E-state index in [2.05, 4.69) is 21.2 Å². The third-order valence-corrected chi connectivity index (χ3v) is 4.54. The first-order chi connectivity index (χ1) is 12.4. The van der Waals surface area contributed by atoms with Gasteiger partial charge in [-0.3, -0.25) is 4.79 Å². The summed E-state index contributed by atoms with van der Waals surface area (Å²) in [6.45, 7) is 1.83. The highest BCUT2D eigenvalue weighted by atomic mass is 79.9. The second-order valence-corrected chi connectivity index (χ2v) is 7.05. The maximum absolute atomic E-state index is 12.2. The zero-order chi connectivity index (χ0) is 18.7. The van der Waals surface area contributed by atoms with Gasteiger partial charge in [0.15, 0.2) is 0 Å². The molecule has 1 heterocycles. The molecule has 4 nitrogen and oxygen atoms in total. The van der Waals surface area contributed by atoms with E-state index in [1.807, 2.05) is 43.3 Å². The smallest absolute Gasteiger partial charge is 0.248 e. The van der Waals surface area contributed by atoms with E-state index in [-0.39, 0.29) is 5.91 Å². The van der Waals surface area contributed by atoms with Crippen molar-refractivity contribution < 1.29 is 9.21 Å². The summed E-state index contributed by atoms with van der Waals surface area (Å²) in [6.07, 6.45) is 3.01. The number of nitrogens with one attached hydrogen (secondary N) is 1. The maximum Gasteiger partial charge on any atom is 0.248 e. The van der Waals surface area contributed by atoms with Crippen LogP contribution in [0.15, 0.2) is 63.5 Å². The summed E-state index contributed by atoms with van der Waals surface area (Å²) >= 11 is 9.54. The second-order valence-electron chi connectivity index (χ2n) is 5.73. The van der Waals surface area contributed by atoms with Crippen molar-refractivity contribution in [2.75, 3.05) is 11.1 Å². The van der Waals surface area contributed by atoms with E-state index in [9.17, 15) is 4.79 Å². The van der Waals surface area contributed by atoms with Gasteiger partial charge in [-0.15, -0.1) is 0 Å². The van der Waals surface area contributed by atoms with Gasteiger partial charge in [0.2, 0.25) is 5.91 Å². The lowest BCUT2D eigenvalue weighted by molar-refractivity contribution is -0.111. The van der Waals surface area contributed by atoms with Crippen molar-refractivity contribution in [3.63, 3.8) is 0 Å². The highest BCUT2D eigenvalue weighted by Crippen LogP contribution is 2.29. The molecule has 1 aromatic heterocycles. The molecule has 132 valence electrons. The molecular formula is C20H16BrClN2O2. The van der Waals surface area contributed by atoms with Crippen LogP contribution in [0.3, 0.4) is 0 Å². The lowest BCUT2D eigenvalue weighted by atomic mass is 10.1. The fraction of sp³-hybridized carbons (Fsp3) is 0.0500. The SMILES string of the molecule is Cc1cc(N)cc(Cl)c1NC(=O)/C=C/c1ccc(-c2ccc(Br)cc2)o1. The fourth-order valence-corrected chi connectivity index (χ4v) is 3.05. The van der Waals surface area contributed by atoms with E-state index in [1.165, 1.54) is 6.08 Å². The summed E-state index contributed by atoms with van der Waals surface area (Å²) in [7, 11) is 0. The van der Waals surface area contributed by atoms with E-state index < -0.39 is 0 Å². The molecular weight excluding hydrogens is 416 g/mol. The molecule has 3 N–H and O–H groups in total. The van der Waals surface area contributed by atoms with Gasteiger partial charge in [0.1, 0.15) is 11.5 Å². The van der Waals surface area contributed by atoms with Crippen molar-refractivity contribution in [1.82, 2.24) is 0 Å². The first-order valence-corrected chi connectivity index (χ1v) is 9.00. The van der Waals surface area contributed by atoms with E-state index in [1.54, 1.807) is 18.2 Å². The van der Waals surface area contributed by atoms with E-state index in [0.29, 0.717) is 22.2 Å². The lowest BCUT2D eigenvalue weighted by Gasteiger charge is -2.09. The van der Waals surface area contributed by atoms with Crippen molar-refractivity contribution in [2.24, 2.45) is 0 Å². The third-order valence-electron chi connectivity index (χ3n) is 3.71. The van der Waals surface area contributed by atoms with Gasteiger partial charge in [-0.1, -0.05) is 39.7 Å². The molecule has 2 aromatic carbocycles. The highest BCUT2D eigenvalue weighted by molar-refractivity contribution is 9.10.